The molecule has 1 unspecified atom stereocenters. The topological polar surface area (TPSA) is 50.8 Å². The van der Waals surface area contributed by atoms with Crippen LogP contribution in [0.3, 0.4) is 0 Å². The summed E-state index contributed by atoms with van der Waals surface area (Å²) in [6, 6.07) is 15.3. The molecule has 0 bridgehead atoms. The Labute approximate surface area is 162 Å². The Morgan fingerprint density at radius 1 is 1.04 bits per heavy atom. The van der Waals surface area contributed by atoms with Gasteiger partial charge in [0.2, 0.25) is 0 Å². The monoisotopic (exact) mass is 370 g/mol. The number of hydrogen-bond acceptors (Lipinski definition) is 4. The number of amides is 1. The van der Waals surface area contributed by atoms with Gasteiger partial charge in [-0.25, -0.2) is 0 Å². The Kier molecular flexibility index (Phi) is 8.14. The molecule has 1 atom stereocenters. The fourth-order valence-corrected chi connectivity index (χ4v) is 2.78. The van der Waals surface area contributed by atoms with Crippen LogP contribution in [0.15, 0.2) is 48.5 Å². The minimum absolute atomic E-state index is 0.156. The standard InChI is InChI=1S/C22H30N2O3/c1-5-21(27-20-10-8-9-19(15-20)26-4)22(25)23-18-13-11-17(12-14-18)16-24(6-2)7-3/h8-15,21H,5-7,16H2,1-4H3,(H,23,25). The number of benzene rings is 2. The normalized spacial score (nSPS) is 11.9. The first-order valence-corrected chi connectivity index (χ1v) is 9.52. The maximum Gasteiger partial charge on any atom is 0.265 e. The van der Waals surface area contributed by atoms with Gasteiger partial charge in [-0.1, -0.05) is 39.0 Å². The van der Waals surface area contributed by atoms with Crippen LogP contribution in [0, 0.1) is 0 Å². The van der Waals surface area contributed by atoms with Crippen LogP contribution in [0.4, 0.5) is 5.69 Å². The average molecular weight is 370 g/mol. The van der Waals surface area contributed by atoms with Crippen molar-refractivity contribution in [3.05, 3.63) is 54.1 Å². The maximum absolute atomic E-state index is 12.6. The molecular weight excluding hydrogens is 340 g/mol. The largest absolute Gasteiger partial charge is 0.497 e. The van der Waals surface area contributed by atoms with Crippen molar-refractivity contribution >= 4 is 11.6 Å². The lowest BCUT2D eigenvalue weighted by Crippen LogP contribution is -2.32. The number of nitrogens with zero attached hydrogens (tertiary/aromatic N) is 1. The molecule has 2 aromatic carbocycles. The number of methoxy groups -OCH3 is 1. The number of carbonyl (C=O) groups is 1. The lowest BCUT2D eigenvalue weighted by atomic mass is 10.2. The summed E-state index contributed by atoms with van der Waals surface area (Å²) in [6.45, 7) is 9.20. The summed E-state index contributed by atoms with van der Waals surface area (Å²) in [5, 5.41) is 2.94. The summed E-state index contributed by atoms with van der Waals surface area (Å²) in [6.07, 6.45) is 0.00997. The van der Waals surface area contributed by atoms with E-state index in [4.69, 9.17) is 9.47 Å². The van der Waals surface area contributed by atoms with Crippen LogP contribution < -0.4 is 14.8 Å². The van der Waals surface area contributed by atoms with Crippen molar-refractivity contribution in [1.29, 1.82) is 0 Å². The molecule has 5 heteroatoms. The molecule has 27 heavy (non-hydrogen) atoms. The van der Waals surface area contributed by atoms with Gasteiger partial charge in [0.05, 0.1) is 7.11 Å². The van der Waals surface area contributed by atoms with Gasteiger partial charge < -0.3 is 14.8 Å². The van der Waals surface area contributed by atoms with E-state index in [1.165, 1.54) is 5.56 Å². The molecule has 0 radical (unpaired) electrons. The van der Waals surface area contributed by atoms with Crippen LogP contribution in [0.1, 0.15) is 32.8 Å². The van der Waals surface area contributed by atoms with Crippen LogP contribution in [-0.2, 0) is 11.3 Å². The highest BCUT2D eigenvalue weighted by Crippen LogP contribution is 2.21. The molecule has 0 saturated heterocycles. The summed E-state index contributed by atoms with van der Waals surface area (Å²) in [7, 11) is 1.60. The summed E-state index contributed by atoms with van der Waals surface area (Å²) < 4.78 is 11.0. The Morgan fingerprint density at radius 3 is 2.30 bits per heavy atom. The highest BCUT2D eigenvalue weighted by Gasteiger charge is 2.19. The SMILES string of the molecule is CCC(Oc1cccc(OC)c1)C(=O)Nc1ccc(CN(CC)CC)cc1. The van der Waals surface area contributed by atoms with Gasteiger partial charge in [-0.2, -0.15) is 0 Å². The second-order valence-corrected chi connectivity index (χ2v) is 6.34. The average Bonchev–Trinajstić information content (AvgIpc) is 2.71. The smallest absolute Gasteiger partial charge is 0.265 e. The molecule has 0 aliphatic rings. The van der Waals surface area contributed by atoms with Crippen LogP contribution >= 0.6 is 0 Å². The summed E-state index contributed by atoms with van der Waals surface area (Å²) >= 11 is 0. The number of nitrogens with one attached hydrogen (secondary N) is 1. The Morgan fingerprint density at radius 2 is 1.70 bits per heavy atom. The van der Waals surface area contributed by atoms with E-state index in [1.54, 1.807) is 13.2 Å². The van der Waals surface area contributed by atoms with Crippen LogP contribution in [0.2, 0.25) is 0 Å². The number of carbonyl (C=O) groups excluding carboxylic acids is 1. The molecule has 0 spiro atoms. The van der Waals surface area contributed by atoms with E-state index in [-0.39, 0.29) is 5.91 Å². The number of anilines is 1. The van der Waals surface area contributed by atoms with Gasteiger partial charge in [0.15, 0.2) is 6.10 Å². The van der Waals surface area contributed by atoms with E-state index in [9.17, 15) is 4.79 Å². The second-order valence-electron chi connectivity index (χ2n) is 6.34. The lowest BCUT2D eigenvalue weighted by molar-refractivity contribution is -0.122. The lowest BCUT2D eigenvalue weighted by Gasteiger charge is -2.19. The molecule has 0 aliphatic carbocycles. The molecule has 146 valence electrons. The molecule has 0 aromatic heterocycles. The van der Waals surface area contributed by atoms with Crippen molar-refractivity contribution in [1.82, 2.24) is 4.90 Å². The number of ether oxygens (including phenoxy) is 2. The van der Waals surface area contributed by atoms with Crippen LogP contribution in [0.25, 0.3) is 0 Å². The van der Waals surface area contributed by atoms with Gasteiger partial charge in [0, 0.05) is 18.3 Å². The van der Waals surface area contributed by atoms with Crippen molar-refractivity contribution in [2.24, 2.45) is 0 Å². The van der Waals surface area contributed by atoms with Crippen molar-refractivity contribution in [2.75, 3.05) is 25.5 Å². The zero-order valence-corrected chi connectivity index (χ0v) is 16.7. The summed E-state index contributed by atoms with van der Waals surface area (Å²) in [5.74, 6) is 1.16. The molecule has 5 nitrogen and oxygen atoms in total. The second kappa shape index (κ2) is 10.6. The van der Waals surface area contributed by atoms with Gasteiger partial charge in [0.25, 0.3) is 5.91 Å². The Bertz CT molecular complexity index is 712. The fraction of sp³-hybridized carbons (Fsp3) is 0.409. The third-order valence-corrected chi connectivity index (χ3v) is 4.50. The predicted molar refractivity (Wildman–Crippen MR) is 109 cm³/mol. The van der Waals surface area contributed by atoms with E-state index < -0.39 is 6.10 Å². The van der Waals surface area contributed by atoms with Gasteiger partial charge >= 0.3 is 0 Å². The predicted octanol–water partition coefficient (Wildman–Crippen LogP) is 4.33. The maximum atomic E-state index is 12.6. The van der Waals surface area contributed by atoms with Gasteiger partial charge in [0.1, 0.15) is 11.5 Å². The summed E-state index contributed by atoms with van der Waals surface area (Å²) in [4.78, 5) is 14.9. The van der Waals surface area contributed by atoms with Crippen molar-refractivity contribution < 1.29 is 14.3 Å². The molecule has 2 aromatic rings. The highest BCUT2D eigenvalue weighted by molar-refractivity contribution is 5.94. The zero-order chi connectivity index (χ0) is 19.6. The molecule has 1 amide bonds. The first-order valence-electron chi connectivity index (χ1n) is 9.52. The number of rotatable bonds is 10. The van der Waals surface area contributed by atoms with Crippen molar-refractivity contribution in [3.8, 4) is 11.5 Å². The first kappa shape index (κ1) is 20.8. The van der Waals surface area contributed by atoms with Crippen LogP contribution in [0.5, 0.6) is 11.5 Å². The van der Waals surface area contributed by atoms with E-state index in [0.717, 1.165) is 25.3 Å². The first-order chi connectivity index (χ1) is 13.1. The quantitative estimate of drug-likeness (QED) is 0.676. The Balaban J connectivity index is 1.97. The molecule has 0 aliphatic heterocycles. The van der Waals surface area contributed by atoms with Crippen molar-refractivity contribution in [3.63, 3.8) is 0 Å². The van der Waals surface area contributed by atoms with Gasteiger partial charge in [-0.15, -0.1) is 0 Å². The third kappa shape index (κ3) is 6.29. The number of hydrogen-bond donors (Lipinski definition) is 1. The zero-order valence-electron chi connectivity index (χ0n) is 16.7. The van der Waals surface area contributed by atoms with E-state index in [1.807, 2.05) is 37.3 Å². The van der Waals surface area contributed by atoms with Gasteiger partial charge in [-0.3, -0.25) is 9.69 Å². The van der Waals surface area contributed by atoms with Crippen LogP contribution in [-0.4, -0.2) is 37.1 Å². The molecular formula is C22H30N2O3. The third-order valence-electron chi connectivity index (χ3n) is 4.50. The van der Waals surface area contributed by atoms with Crippen molar-refractivity contribution in [2.45, 2.75) is 39.8 Å². The molecule has 0 saturated carbocycles. The van der Waals surface area contributed by atoms with E-state index >= 15 is 0 Å². The molecule has 2 rings (SSSR count). The molecule has 0 fully saturated rings. The van der Waals surface area contributed by atoms with Gasteiger partial charge in [-0.05, 0) is 49.3 Å². The van der Waals surface area contributed by atoms with E-state index in [2.05, 4.69) is 36.2 Å². The Hall–Kier alpha value is -2.53. The highest BCUT2D eigenvalue weighted by atomic mass is 16.5. The molecule has 0 heterocycles. The summed E-state index contributed by atoms with van der Waals surface area (Å²) in [5.41, 5.74) is 2.01. The minimum atomic E-state index is -0.563. The minimum Gasteiger partial charge on any atom is -0.497 e. The molecule has 1 N–H and O–H groups in total. The van der Waals surface area contributed by atoms with E-state index in [0.29, 0.717) is 17.9 Å². The fourth-order valence-electron chi connectivity index (χ4n) is 2.78.